The Kier molecular flexibility index (Phi) is 6.54. The van der Waals surface area contributed by atoms with Crippen molar-refractivity contribution in [2.75, 3.05) is 13.2 Å². The number of aliphatic carboxylic acids is 1. The van der Waals surface area contributed by atoms with Crippen LogP contribution in [0.3, 0.4) is 0 Å². The van der Waals surface area contributed by atoms with Crippen LogP contribution in [0.5, 0.6) is 5.75 Å². The highest BCUT2D eigenvalue weighted by Gasteiger charge is 2.17. The Bertz CT molecular complexity index is 1100. The number of ether oxygens (including phenoxy) is 2. The molecule has 0 saturated carbocycles. The van der Waals surface area contributed by atoms with Crippen molar-refractivity contribution in [3.8, 4) is 17.6 Å². The highest BCUT2D eigenvalue weighted by Crippen LogP contribution is 2.23. The fourth-order valence-corrected chi connectivity index (χ4v) is 3.87. The maximum Gasteiger partial charge on any atom is 0.304 e. The molecule has 0 amide bonds. The molecule has 2 aromatic carbocycles. The lowest BCUT2D eigenvalue weighted by Crippen LogP contribution is -2.10. The molecule has 0 radical (unpaired) electrons. The molecule has 0 bridgehead atoms. The summed E-state index contributed by atoms with van der Waals surface area (Å²) in [6, 6.07) is 13.7. The smallest absolute Gasteiger partial charge is 0.304 e. The highest BCUT2D eigenvalue weighted by atomic mass is 16.5. The van der Waals surface area contributed by atoms with Crippen LogP contribution in [-0.2, 0) is 22.7 Å². The summed E-state index contributed by atoms with van der Waals surface area (Å²) in [6.45, 7) is 4.72. The SMILES string of the molecule is CC#CC(CC(=O)O)c1ccc(OCc2ccc3nn(CC4CCOC4)cc3c2)cc1. The number of carbonyl (C=O) groups is 1. The van der Waals surface area contributed by atoms with Gasteiger partial charge in [0.15, 0.2) is 0 Å². The monoisotopic (exact) mass is 418 g/mol. The molecule has 0 aliphatic carbocycles. The number of hydrogen-bond donors (Lipinski definition) is 1. The lowest BCUT2D eigenvalue weighted by Gasteiger charge is -2.11. The van der Waals surface area contributed by atoms with E-state index in [9.17, 15) is 4.79 Å². The average molecular weight is 418 g/mol. The molecular weight excluding hydrogens is 392 g/mol. The Labute approximate surface area is 181 Å². The van der Waals surface area contributed by atoms with Crippen LogP contribution in [0.4, 0.5) is 0 Å². The molecule has 1 saturated heterocycles. The summed E-state index contributed by atoms with van der Waals surface area (Å²) in [5, 5.41) is 14.8. The van der Waals surface area contributed by atoms with Crippen LogP contribution in [0.25, 0.3) is 10.9 Å². The fourth-order valence-electron chi connectivity index (χ4n) is 3.87. The van der Waals surface area contributed by atoms with Crippen molar-refractivity contribution < 1.29 is 19.4 Å². The van der Waals surface area contributed by atoms with Gasteiger partial charge in [-0.15, -0.1) is 5.92 Å². The molecule has 1 aliphatic heterocycles. The van der Waals surface area contributed by atoms with Gasteiger partial charge in [-0.2, -0.15) is 5.10 Å². The van der Waals surface area contributed by atoms with Gasteiger partial charge in [-0.25, -0.2) is 0 Å². The normalized spacial score (nSPS) is 16.6. The van der Waals surface area contributed by atoms with Gasteiger partial charge >= 0.3 is 5.97 Å². The summed E-state index contributed by atoms with van der Waals surface area (Å²) >= 11 is 0. The van der Waals surface area contributed by atoms with Gasteiger partial charge in [0, 0.05) is 30.7 Å². The zero-order valence-corrected chi connectivity index (χ0v) is 17.6. The summed E-state index contributed by atoms with van der Waals surface area (Å²) in [5.74, 6) is 5.88. The van der Waals surface area contributed by atoms with Gasteiger partial charge in [0.05, 0.1) is 24.5 Å². The zero-order valence-electron chi connectivity index (χ0n) is 17.6. The van der Waals surface area contributed by atoms with Gasteiger partial charge in [0.2, 0.25) is 0 Å². The topological polar surface area (TPSA) is 73.6 Å². The zero-order chi connectivity index (χ0) is 21.6. The minimum Gasteiger partial charge on any atom is -0.489 e. The number of hydrogen-bond acceptors (Lipinski definition) is 4. The summed E-state index contributed by atoms with van der Waals surface area (Å²) in [4.78, 5) is 11.1. The Hall–Kier alpha value is -3.30. The fraction of sp³-hybridized carbons (Fsp3) is 0.360. The van der Waals surface area contributed by atoms with E-state index >= 15 is 0 Å². The standard InChI is InChI=1S/C25H26N2O4/c1-2-3-21(13-25(28)29)20-5-7-23(8-6-20)31-17-18-4-9-24-22(12-18)15-27(26-24)14-19-10-11-30-16-19/h4-9,12,15,19,21H,10-11,13-14,16-17H2,1H3,(H,28,29). The second-order valence-electron chi connectivity index (χ2n) is 7.88. The van der Waals surface area contributed by atoms with Crippen LogP contribution in [-0.4, -0.2) is 34.1 Å². The number of nitrogens with zero attached hydrogens (tertiary/aromatic N) is 2. The first-order valence-corrected chi connectivity index (χ1v) is 10.5. The van der Waals surface area contributed by atoms with Crippen molar-refractivity contribution in [3.63, 3.8) is 0 Å². The van der Waals surface area contributed by atoms with Crippen LogP contribution >= 0.6 is 0 Å². The molecular formula is C25H26N2O4. The third-order valence-corrected chi connectivity index (χ3v) is 5.47. The lowest BCUT2D eigenvalue weighted by atomic mass is 9.96. The third-order valence-electron chi connectivity index (χ3n) is 5.47. The van der Waals surface area contributed by atoms with E-state index in [-0.39, 0.29) is 12.3 Å². The maximum atomic E-state index is 11.1. The summed E-state index contributed by atoms with van der Waals surface area (Å²) in [6.07, 6.45) is 3.17. The molecule has 1 aromatic heterocycles. The highest BCUT2D eigenvalue weighted by molar-refractivity contribution is 5.78. The Morgan fingerprint density at radius 3 is 2.87 bits per heavy atom. The largest absolute Gasteiger partial charge is 0.489 e. The molecule has 1 aliphatic rings. The second-order valence-corrected chi connectivity index (χ2v) is 7.88. The summed E-state index contributed by atoms with van der Waals surface area (Å²) in [7, 11) is 0. The van der Waals surface area contributed by atoms with E-state index < -0.39 is 5.97 Å². The van der Waals surface area contributed by atoms with Gasteiger partial charge in [-0.1, -0.05) is 24.1 Å². The molecule has 6 nitrogen and oxygen atoms in total. The first-order valence-electron chi connectivity index (χ1n) is 10.5. The van der Waals surface area contributed by atoms with Crippen LogP contribution in [0, 0.1) is 17.8 Å². The molecule has 4 rings (SSSR count). The molecule has 1 N–H and O–H groups in total. The summed E-state index contributed by atoms with van der Waals surface area (Å²) < 4.78 is 13.4. The third kappa shape index (κ3) is 5.44. The number of carboxylic acid groups (broad SMARTS) is 1. The van der Waals surface area contributed by atoms with Gasteiger partial charge in [-0.3, -0.25) is 9.48 Å². The van der Waals surface area contributed by atoms with Crippen molar-refractivity contribution in [1.82, 2.24) is 9.78 Å². The molecule has 6 heteroatoms. The molecule has 3 aromatic rings. The van der Waals surface area contributed by atoms with Gasteiger partial charge < -0.3 is 14.6 Å². The van der Waals surface area contributed by atoms with Crippen LogP contribution in [0.1, 0.15) is 36.8 Å². The first-order chi connectivity index (χ1) is 15.1. The van der Waals surface area contributed by atoms with Crippen molar-refractivity contribution in [2.45, 2.75) is 38.8 Å². The van der Waals surface area contributed by atoms with Crippen LogP contribution in [0.2, 0.25) is 0 Å². The van der Waals surface area contributed by atoms with E-state index in [1.807, 2.05) is 41.1 Å². The number of carboxylic acids is 1. The Balaban J connectivity index is 1.38. The van der Waals surface area contributed by atoms with Gasteiger partial charge in [-0.05, 0) is 48.7 Å². The lowest BCUT2D eigenvalue weighted by molar-refractivity contribution is -0.137. The van der Waals surface area contributed by atoms with Crippen molar-refractivity contribution in [3.05, 3.63) is 59.8 Å². The first kappa shape index (κ1) is 21.0. The molecule has 160 valence electrons. The molecule has 31 heavy (non-hydrogen) atoms. The van der Waals surface area contributed by atoms with E-state index in [0.717, 1.165) is 54.0 Å². The Morgan fingerprint density at radius 1 is 1.32 bits per heavy atom. The van der Waals surface area contributed by atoms with Crippen molar-refractivity contribution in [2.24, 2.45) is 5.92 Å². The molecule has 2 atom stereocenters. The van der Waals surface area contributed by atoms with E-state index in [1.54, 1.807) is 6.92 Å². The maximum absolute atomic E-state index is 11.1. The minimum absolute atomic E-state index is 0.0114. The van der Waals surface area contributed by atoms with Crippen LogP contribution < -0.4 is 4.74 Å². The van der Waals surface area contributed by atoms with E-state index in [0.29, 0.717) is 12.5 Å². The minimum atomic E-state index is -0.858. The number of benzene rings is 2. The quantitative estimate of drug-likeness (QED) is 0.554. The van der Waals surface area contributed by atoms with Crippen LogP contribution in [0.15, 0.2) is 48.7 Å². The van der Waals surface area contributed by atoms with E-state index in [1.165, 1.54) is 0 Å². The number of rotatable bonds is 8. The number of aromatic nitrogens is 2. The molecule has 2 unspecified atom stereocenters. The molecule has 2 heterocycles. The summed E-state index contributed by atoms with van der Waals surface area (Å²) in [5.41, 5.74) is 2.93. The van der Waals surface area contributed by atoms with Crippen molar-refractivity contribution >= 4 is 16.9 Å². The molecule has 0 spiro atoms. The number of fused-ring (bicyclic) bond motifs is 1. The molecule has 1 fully saturated rings. The van der Waals surface area contributed by atoms with Gasteiger partial charge in [0.25, 0.3) is 0 Å². The van der Waals surface area contributed by atoms with Crippen molar-refractivity contribution in [1.29, 1.82) is 0 Å². The second kappa shape index (κ2) is 9.67. The predicted molar refractivity (Wildman–Crippen MR) is 118 cm³/mol. The average Bonchev–Trinajstić information content (AvgIpc) is 3.41. The van der Waals surface area contributed by atoms with Gasteiger partial charge in [0.1, 0.15) is 12.4 Å². The Morgan fingerprint density at radius 2 is 2.16 bits per heavy atom. The van der Waals surface area contributed by atoms with E-state index in [2.05, 4.69) is 29.2 Å². The predicted octanol–water partition coefficient (Wildman–Crippen LogP) is 4.23. The van der Waals surface area contributed by atoms with E-state index in [4.69, 9.17) is 14.6 Å².